The lowest BCUT2D eigenvalue weighted by Gasteiger charge is -2.07. The van der Waals surface area contributed by atoms with Gasteiger partial charge in [-0.2, -0.15) is 0 Å². The maximum Gasteiger partial charge on any atom is 0.238 e. The molecule has 0 radical (unpaired) electrons. The highest BCUT2D eigenvalue weighted by atomic mass is 35.5. The van der Waals surface area contributed by atoms with Crippen LogP contribution < -0.4 is 10.6 Å². The average molecular weight is 292 g/mol. The number of carbonyl (C=O) groups excluding carboxylic acids is 1. The molecule has 1 aliphatic rings. The molecule has 1 fully saturated rings. The normalized spacial score (nSPS) is 13.2. The van der Waals surface area contributed by atoms with Gasteiger partial charge in [-0.1, -0.05) is 0 Å². The molecule has 0 saturated heterocycles. The lowest BCUT2D eigenvalue weighted by atomic mass is 10.2. The first-order valence-electron chi connectivity index (χ1n) is 5.67. The Morgan fingerprint density at radius 1 is 1.44 bits per heavy atom. The molecule has 0 aliphatic heterocycles. The van der Waals surface area contributed by atoms with Crippen molar-refractivity contribution in [1.82, 2.24) is 10.3 Å². The molecule has 0 bridgehead atoms. The first-order chi connectivity index (χ1) is 7.75. The Bertz CT molecular complexity index is 383. The lowest BCUT2D eigenvalue weighted by Crippen LogP contribution is -2.29. The number of halogens is 2. The predicted molar refractivity (Wildman–Crippen MR) is 77.7 cm³/mol. The van der Waals surface area contributed by atoms with Crippen molar-refractivity contribution >= 4 is 36.4 Å². The second kappa shape index (κ2) is 8.29. The summed E-state index contributed by atoms with van der Waals surface area (Å²) in [5, 5.41) is 5.99. The number of nitrogens with one attached hydrogen (secondary N) is 2. The summed E-state index contributed by atoms with van der Waals surface area (Å²) in [7, 11) is 0. The smallest absolute Gasteiger partial charge is 0.238 e. The quantitative estimate of drug-likeness (QED) is 0.874. The van der Waals surface area contributed by atoms with Crippen LogP contribution in [-0.2, 0) is 4.79 Å². The Kier molecular flexibility index (Phi) is 7.91. The fourth-order valence-corrected chi connectivity index (χ4v) is 1.50. The summed E-state index contributed by atoms with van der Waals surface area (Å²) in [5.74, 6) is 0.796. The van der Waals surface area contributed by atoms with Crippen LogP contribution in [0.4, 0.5) is 5.69 Å². The summed E-state index contributed by atoms with van der Waals surface area (Å²) in [6.07, 6.45) is 6.00. The van der Waals surface area contributed by atoms with E-state index >= 15 is 0 Å². The maximum absolute atomic E-state index is 11.6. The van der Waals surface area contributed by atoms with Crippen molar-refractivity contribution in [2.75, 3.05) is 18.4 Å². The Morgan fingerprint density at radius 2 is 2.17 bits per heavy atom. The molecule has 0 atom stereocenters. The van der Waals surface area contributed by atoms with Crippen molar-refractivity contribution in [3.63, 3.8) is 0 Å². The second-order valence-corrected chi connectivity index (χ2v) is 4.31. The molecule has 1 heterocycles. The van der Waals surface area contributed by atoms with Crippen LogP contribution in [0.25, 0.3) is 0 Å². The zero-order chi connectivity index (χ0) is 11.4. The summed E-state index contributed by atoms with van der Waals surface area (Å²) < 4.78 is 0. The third kappa shape index (κ3) is 5.67. The van der Waals surface area contributed by atoms with Gasteiger partial charge >= 0.3 is 0 Å². The number of aromatic nitrogens is 1. The first-order valence-corrected chi connectivity index (χ1v) is 5.67. The van der Waals surface area contributed by atoms with E-state index in [1.54, 1.807) is 12.4 Å². The van der Waals surface area contributed by atoms with Crippen LogP contribution in [0.15, 0.2) is 18.5 Å². The molecule has 2 rings (SSSR count). The average Bonchev–Trinajstić information content (AvgIpc) is 3.05. The Morgan fingerprint density at radius 3 is 2.78 bits per heavy atom. The molecule has 4 nitrogen and oxygen atoms in total. The van der Waals surface area contributed by atoms with E-state index in [2.05, 4.69) is 15.6 Å². The molecular weight excluding hydrogens is 273 g/mol. The molecule has 0 unspecified atom stereocenters. The van der Waals surface area contributed by atoms with E-state index < -0.39 is 0 Å². The van der Waals surface area contributed by atoms with Crippen molar-refractivity contribution in [2.24, 2.45) is 5.92 Å². The summed E-state index contributed by atoms with van der Waals surface area (Å²) in [5.41, 5.74) is 1.83. The van der Waals surface area contributed by atoms with Gasteiger partial charge in [-0.3, -0.25) is 9.78 Å². The van der Waals surface area contributed by atoms with Gasteiger partial charge in [0, 0.05) is 6.20 Å². The topological polar surface area (TPSA) is 54.0 Å². The van der Waals surface area contributed by atoms with Crippen LogP contribution in [0.5, 0.6) is 0 Å². The monoisotopic (exact) mass is 291 g/mol. The molecule has 1 aliphatic carbocycles. The van der Waals surface area contributed by atoms with Crippen LogP contribution in [0, 0.1) is 12.8 Å². The van der Waals surface area contributed by atoms with Crippen LogP contribution in [-0.4, -0.2) is 24.0 Å². The van der Waals surface area contributed by atoms with Gasteiger partial charge in [-0.25, -0.2) is 0 Å². The first kappa shape index (κ1) is 17.2. The van der Waals surface area contributed by atoms with Crippen molar-refractivity contribution < 1.29 is 4.79 Å². The third-order valence-electron chi connectivity index (χ3n) is 2.73. The van der Waals surface area contributed by atoms with Gasteiger partial charge in [0.1, 0.15) is 0 Å². The van der Waals surface area contributed by atoms with Crippen molar-refractivity contribution in [3.05, 3.63) is 24.0 Å². The van der Waals surface area contributed by atoms with Gasteiger partial charge in [-0.15, -0.1) is 24.8 Å². The van der Waals surface area contributed by atoms with Crippen molar-refractivity contribution in [3.8, 4) is 0 Å². The van der Waals surface area contributed by atoms with Crippen LogP contribution in [0.1, 0.15) is 18.4 Å². The number of amides is 1. The van der Waals surface area contributed by atoms with Gasteiger partial charge in [0.05, 0.1) is 18.4 Å². The van der Waals surface area contributed by atoms with Crippen LogP contribution in [0.2, 0.25) is 0 Å². The van der Waals surface area contributed by atoms with E-state index in [1.807, 2.05) is 13.0 Å². The number of carbonyl (C=O) groups is 1. The number of rotatable bonds is 5. The SMILES string of the molecule is Cc1ccncc1NC(=O)CNCC1CC1.Cl.Cl. The maximum atomic E-state index is 11.6. The summed E-state index contributed by atoms with van der Waals surface area (Å²) in [6.45, 7) is 3.29. The number of anilines is 1. The second-order valence-electron chi connectivity index (χ2n) is 4.31. The molecule has 1 aromatic heterocycles. The Labute approximate surface area is 120 Å². The van der Waals surface area contributed by atoms with Gasteiger partial charge in [-0.05, 0) is 43.9 Å². The molecule has 102 valence electrons. The summed E-state index contributed by atoms with van der Waals surface area (Å²) >= 11 is 0. The minimum Gasteiger partial charge on any atom is -0.323 e. The zero-order valence-electron chi connectivity index (χ0n) is 10.3. The molecule has 2 N–H and O–H groups in total. The van der Waals surface area contributed by atoms with Gasteiger partial charge in [0.2, 0.25) is 5.91 Å². The van der Waals surface area contributed by atoms with Crippen LogP contribution >= 0.6 is 24.8 Å². The summed E-state index contributed by atoms with van der Waals surface area (Å²) in [4.78, 5) is 15.5. The minimum atomic E-state index is -0.00301. The number of nitrogens with zero attached hydrogens (tertiary/aromatic N) is 1. The highest BCUT2D eigenvalue weighted by molar-refractivity contribution is 5.92. The summed E-state index contributed by atoms with van der Waals surface area (Å²) in [6, 6.07) is 1.88. The van der Waals surface area contributed by atoms with Gasteiger partial charge in [0.25, 0.3) is 0 Å². The molecule has 1 aromatic rings. The molecular formula is C12H19Cl2N3O. The van der Waals surface area contributed by atoms with E-state index in [0.29, 0.717) is 6.54 Å². The predicted octanol–water partition coefficient (Wildman–Crippen LogP) is 2.17. The fraction of sp³-hybridized carbons (Fsp3) is 0.500. The van der Waals surface area contributed by atoms with E-state index in [0.717, 1.165) is 23.7 Å². The molecule has 6 heteroatoms. The number of aryl methyl sites for hydroxylation is 1. The highest BCUT2D eigenvalue weighted by Crippen LogP contribution is 2.27. The minimum absolute atomic E-state index is 0. The van der Waals surface area contributed by atoms with Crippen LogP contribution in [0.3, 0.4) is 0 Å². The number of pyridine rings is 1. The molecule has 0 aromatic carbocycles. The molecule has 0 spiro atoms. The Hall–Kier alpha value is -0.840. The van der Waals surface area contributed by atoms with Gasteiger partial charge < -0.3 is 10.6 Å². The highest BCUT2D eigenvalue weighted by Gasteiger charge is 2.20. The van der Waals surface area contributed by atoms with Crippen molar-refractivity contribution in [1.29, 1.82) is 0 Å². The van der Waals surface area contributed by atoms with E-state index in [-0.39, 0.29) is 30.7 Å². The molecule has 18 heavy (non-hydrogen) atoms. The molecule has 1 amide bonds. The zero-order valence-corrected chi connectivity index (χ0v) is 11.9. The standard InChI is InChI=1S/C12H17N3O.2ClH/c1-9-4-5-13-7-11(9)15-12(16)8-14-6-10-2-3-10;;/h4-5,7,10,14H,2-3,6,8H2,1H3,(H,15,16);2*1H. The number of hydrogen-bond donors (Lipinski definition) is 2. The van der Waals surface area contributed by atoms with Crippen molar-refractivity contribution in [2.45, 2.75) is 19.8 Å². The molecule has 1 saturated carbocycles. The number of hydrogen-bond acceptors (Lipinski definition) is 3. The van der Waals surface area contributed by atoms with E-state index in [1.165, 1.54) is 12.8 Å². The van der Waals surface area contributed by atoms with Gasteiger partial charge in [0.15, 0.2) is 0 Å². The lowest BCUT2D eigenvalue weighted by molar-refractivity contribution is -0.115. The third-order valence-corrected chi connectivity index (χ3v) is 2.73. The van der Waals surface area contributed by atoms with E-state index in [4.69, 9.17) is 0 Å². The van der Waals surface area contributed by atoms with E-state index in [9.17, 15) is 4.79 Å². The Balaban J connectivity index is 0.00000144. The fourth-order valence-electron chi connectivity index (χ4n) is 1.50. The largest absolute Gasteiger partial charge is 0.323 e.